The van der Waals surface area contributed by atoms with E-state index in [0.717, 1.165) is 5.56 Å². The predicted octanol–water partition coefficient (Wildman–Crippen LogP) is 1.99. The van der Waals surface area contributed by atoms with Crippen molar-refractivity contribution >= 4 is 0 Å². The van der Waals surface area contributed by atoms with Gasteiger partial charge in [0.1, 0.15) is 0 Å². The molecule has 16 heavy (non-hydrogen) atoms. The first-order chi connectivity index (χ1) is 7.48. The molecule has 0 bridgehead atoms. The summed E-state index contributed by atoms with van der Waals surface area (Å²) in [5.74, 6) is -1.13. The first kappa shape index (κ1) is 10.6. The minimum Gasteiger partial charge on any atom is -0.189 e. The quantitative estimate of drug-likeness (QED) is 0.749. The van der Waals surface area contributed by atoms with Gasteiger partial charge in [-0.05, 0) is 35.0 Å². The lowest BCUT2D eigenvalue weighted by atomic mass is 10.2. The fourth-order valence-electron chi connectivity index (χ4n) is 1.30. The van der Waals surface area contributed by atoms with E-state index in [-0.39, 0.29) is 5.69 Å². The zero-order valence-corrected chi connectivity index (χ0v) is 8.23. The van der Waals surface area contributed by atoms with E-state index in [4.69, 9.17) is 0 Å². The van der Waals surface area contributed by atoms with Crippen LogP contribution in [0.15, 0.2) is 24.3 Å². The van der Waals surface area contributed by atoms with Gasteiger partial charge < -0.3 is 0 Å². The molecule has 0 saturated carbocycles. The number of aromatic nitrogens is 4. The highest BCUT2D eigenvalue weighted by atomic mass is 19.4. The fraction of sp³-hybridized carbons (Fsp3) is 0.222. The van der Waals surface area contributed by atoms with Gasteiger partial charge in [-0.3, -0.25) is 0 Å². The van der Waals surface area contributed by atoms with Gasteiger partial charge >= 0.3 is 6.18 Å². The minimum atomic E-state index is -4.56. The fourth-order valence-corrected chi connectivity index (χ4v) is 1.30. The van der Waals surface area contributed by atoms with E-state index >= 15 is 0 Å². The number of hydrogen-bond donors (Lipinski definition) is 0. The lowest BCUT2D eigenvalue weighted by Gasteiger charge is -2.07. The van der Waals surface area contributed by atoms with Crippen molar-refractivity contribution in [3.8, 4) is 5.69 Å². The summed E-state index contributed by atoms with van der Waals surface area (Å²) in [6.07, 6.45) is -4.56. The summed E-state index contributed by atoms with van der Waals surface area (Å²) in [6.45, 7) is 1.78. The monoisotopic (exact) mass is 228 g/mol. The highest BCUT2D eigenvalue weighted by molar-refractivity contribution is 5.35. The molecule has 0 aliphatic heterocycles. The largest absolute Gasteiger partial charge is 0.453 e. The number of halogens is 3. The second-order valence-corrected chi connectivity index (χ2v) is 3.25. The molecule has 0 amide bonds. The summed E-state index contributed by atoms with van der Waals surface area (Å²) in [5, 5.41) is 9.34. The number of nitrogens with zero attached hydrogens (tertiary/aromatic N) is 4. The Labute approximate surface area is 88.7 Å². The summed E-state index contributed by atoms with van der Waals surface area (Å²) in [5.41, 5.74) is 1.12. The molecular formula is C9H7F3N4. The molecule has 0 atom stereocenters. The maximum Gasteiger partial charge on any atom is 0.453 e. The normalized spacial score (nSPS) is 11.8. The molecule has 0 saturated heterocycles. The summed E-state index contributed by atoms with van der Waals surface area (Å²) >= 11 is 0. The van der Waals surface area contributed by atoms with Gasteiger partial charge in [0.2, 0.25) is 0 Å². The Morgan fingerprint density at radius 2 is 2.00 bits per heavy atom. The average Bonchev–Trinajstić information content (AvgIpc) is 2.65. The first-order valence-electron chi connectivity index (χ1n) is 4.41. The van der Waals surface area contributed by atoms with Crippen LogP contribution in [0.3, 0.4) is 0 Å². The minimum absolute atomic E-state index is 0.289. The number of alkyl halides is 3. The van der Waals surface area contributed by atoms with Gasteiger partial charge in [-0.2, -0.15) is 17.9 Å². The molecule has 0 spiro atoms. The highest BCUT2D eigenvalue weighted by Crippen LogP contribution is 2.28. The van der Waals surface area contributed by atoms with E-state index in [2.05, 4.69) is 15.5 Å². The molecule has 1 aromatic heterocycles. The molecule has 1 heterocycles. The van der Waals surface area contributed by atoms with Crippen LogP contribution in [0, 0.1) is 6.92 Å². The molecule has 0 N–H and O–H groups in total. The van der Waals surface area contributed by atoms with Gasteiger partial charge in [-0.15, -0.1) is 5.10 Å². The second-order valence-electron chi connectivity index (χ2n) is 3.25. The smallest absolute Gasteiger partial charge is 0.189 e. The molecule has 2 aromatic rings. The molecule has 0 unspecified atom stereocenters. The van der Waals surface area contributed by atoms with Crippen molar-refractivity contribution in [2.75, 3.05) is 0 Å². The van der Waals surface area contributed by atoms with E-state index < -0.39 is 12.0 Å². The Morgan fingerprint density at radius 1 is 1.25 bits per heavy atom. The van der Waals surface area contributed by atoms with Crippen molar-refractivity contribution in [1.29, 1.82) is 0 Å². The van der Waals surface area contributed by atoms with Crippen LogP contribution in [0.2, 0.25) is 0 Å². The maximum absolute atomic E-state index is 12.5. The standard InChI is InChI=1S/C9H7F3N4/c1-6-3-2-4-7(5-6)16-8(9(10,11)12)13-14-15-16/h2-5H,1H3. The van der Waals surface area contributed by atoms with Gasteiger partial charge in [-0.1, -0.05) is 12.1 Å². The van der Waals surface area contributed by atoms with Gasteiger partial charge in [-0.25, -0.2) is 0 Å². The molecule has 2 rings (SSSR count). The zero-order chi connectivity index (χ0) is 11.8. The first-order valence-corrected chi connectivity index (χ1v) is 4.41. The zero-order valence-electron chi connectivity index (χ0n) is 8.23. The van der Waals surface area contributed by atoms with Crippen LogP contribution >= 0.6 is 0 Å². The van der Waals surface area contributed by atoms with Gasteiger partial charge in [0.25, 0.3) is 5.82 Å². The van der Waals surface area contributed by atoms with Crippen LogP contribution in [0.4, 0.5) is 13.2 Å². The summed E-state index contributed by atoms with van der Waals surface area (Å²) in [6, 6.07) is 6.51. The number of aryl methyl sites for hydroxylation is 1. The third-order valence-electron chi connectivity index (χ3n) is 1.97. The molecule has 0 fully saturated rings. The molecule has 84 valence electrons. The van der Waals surface area contributed by atoms with E-state index in [9.17, 15) is 13.2 Å². The Bertz CT molecular complexity index is 503. The number of hydrogen-bond acceptors (Lipinski definition) is 3. The van der Waals surface area contributed by atoms with Crippen LogP contribution in [0.25, 0.3) is 5.69 Å². The van der Waals surface area contributed by atoms with E-state index in [1.54, 1.807) is 25.1 Å². The number of rotatable bonds is 1. The third-order valence-corrected chi connectivity index (χ3v) is 1.97. The second kappa shape index (κ2) is 3.58. The summed E-state index contributed by atoms with van der Waals surface area (Å²) in [4.78, 5) is 0. The lowest BCUT2D eigenvalue weighted by molar-refractivity contribution is -0.146. The maximum atomic E-state index is 12.5. The number of benzene rings is 1. The van der Waals surface area contributed by atoms with Crippen molar-refractivity contribution in [3.05, 3.63) is 35.7 Å². The summed E-state index contributed by atoms with van der Waals surface area (Å²) < 4.78 is 38.2. The molecule has 4 nitrogen and oxygen atoms in total. The van der Waals surface area contributed by atoms with Crippen molar-refractivity contribution in [2.24, 2.45) is 0 Å². The molecular weight excluding hydrogens is 221 g/mol. The molecule has 1 aromatic carbocycles. The Balaban J connectivity index is 2.53. The van der Waals surface area contributed by atoms with Crippen LogP contribution in [0.1, 0.15) is 11.4 Å². The van der Waals surface area contributed by atoms with E-state index in [1.165, 1.54) is 6.07 Å². The molecule has 0 radical (unpaired) electrons. The Hall–Kier alpha value is -1.92. The third kappa shape index (κ3) is 1.88. The molecule has 7 heteroatoms. The Kier molecular flexibility index (Phi) is 2.37. The van der Waals surface area contributed by atoms with Crippen molar-refractivity contribution in [1.82, 2.24) is 20.2 Å². The van der Waals surface area contributed by atoms with Crippen LogP contribution < -0.4 is 0 Å². The van der Waals surface area contributed by atoms with Gasteiger partial charge in [0, 0.05) is 0 Å². The lowest BCUT2D eigenvalue weighted by Crippen LogP contribution is -2.14. The average molecular weight is 228 g/mol. The van der Waals surface area contributed by atoms with Crippen molar-refractivity contribution in [2.45, 2.75) is 13.1 Å². The van der Waals surface area contributed by atoms with Crippen LogP contribution in [-0.2, 0) is 6.18 Å². The topological polar surface area (TPSA) is 43.6 Å². The van der Waals surface area contributed by atoms with E-state index in [0.29, 0.717) is 4.68 Å². The molecule has 0 aliphatic carbocycles. The van der Waals surface area contributed by atoms with Crippen LogP contribution in [0.5, 0.6) is 0 Å². The summed E-state index contributed by atoms with van der Waals surface area (Å²) in [7, 11) is 0. The Morgan fingerprint density at radius 3 is 2.62 bits per heavy atom. The highest BCUT2D eigenvalue weighted by Gasteiger charge is 2.38. The SMILES string of the molecule is Cc1cccc(-n2nnnc2C(F)(F)F)c1. The van der Waals surface area contributed by atoms with Crippen molar-refractivity contribution in [3.63, 3.8) is 0 Å². The van der Waals surface area contributed by atoms with Gasteiger partial charge in [0.05, 0.1) is 5.69 Å². The van der Waals surface area contributed by atoms with Crippen LogP contribution in [-0.4, -0.2) is 20.2 Å². The predicted molar refractivity (Wildman–Crippen MR) is 48.9 cm³/mol. The number of tetrazole rings is 1. The molecule has 0 aliphatic rings. The van der Waals surface area contributed by atoms with E-state index in [1.807, 2.05) is 0 Å². The van der Waals surface area contributed by atoms with Crippen molar-refractivity contribution < 1.29 is 13.2 Å². The van der Waals surface area contributed by atoms with Gasteiger partial charge in [0.15, 0.2) is 0 Å².